The monoisotopic (exact) mass is 434 g/mol. The Bertz CT molecular complexity index is 846. The van der Waals surface area contributed by atoms with Crippen LogP contribution < -0.4 is 25.8 Å². The van der Waals surface area contributed by atoms with E-state index < -0.39 is 33.5 Å². The topological polar surface area (TPSA) is 140 Å². The Morgan fingerprint density at radius 3 is 2.39 bits per heavy atom. The second-order valence-corrected chi connectivity index (χ2v) is 8.79. The van der Waals surface area contributed by atoms with Crippen molar-refractivity contribution in [3.05, 3.63) is 23.8 Å². The number of halogens is 1. The van der Waals surface area contributed by atoms with Gasteiger partial charge in [0.15, 0.2) is 0 Å². The van der Waals surface area contributed by atoms with Gasteiger partial charge in [0.1, 0.15) is 11.3 Å². The lowest BCUT2D eigenvalue weighted by molar-refractivity contribution is -0.123. The number of carbonyl (C=O) groups excluding carboxylic acids is 2. The Morgan fingerprint density at radius 2 is 1.93 bits per heavy atom. The second-order valence-electron chi connectivity index (χ2n) is 7.08. The van der Waals surface area contributed by atoms with Crippen LogP contribution in [0.15, 0.2) is 23.1 Å². The van der Waals surface area contributed by atoms with Crippen LogP contribution in [-0.4, -0.2) is 40.1 Å². The molecule has 2 atom stereocenters. The summed E-state index contributed by atoms with van der Waals surface area (Å²) in [6.45, 7) is 5.60. The van der Waals surface area contributed by atoms with E-state index in [0.717, 1.165) is 0 Å². The molecule has 0 radical (unpaired) electrons. The minimum absolute atomic E-state index is 0. The van der Waals surface area contributed by atoms with E-state index in [1.54, 1.807) is 0 Å². The van der Waals surface area contributed by atoms with E-state index in [4.69, 9.17) is 10.5 Å². The number of hydrogen-bond donors (Lipinski definition) is 4. The lowest BCUT2D eigenvalue weighted by Gasteiger charge is -2.25. The van der Waals surface area contributed by atoms with Gasteiger partial charge in [-0.3, -0.25) is 10.1 Å². The van der Waals surface area contributed by atoms with Crippen molar-refractivity contribution in [2.45, 2.75) is 43.7 Å². The molecule has 0 saturated carbocycles. The summed E-state index contributed by atoms with van der Waals surface area (Å²) < 4.78 is 33.5. The molecule has 1 aromatic rings. The smallest absolute Gasteiger partial charge is 0.322 e. The molecule has 2 rings (SSSR count). The molecule has 1 fully saturated rings. The zero-order chi connectivity index (χ0) is 20.4. The maximum atomic E-state index is 12.8. The molecule has 0 bridgehead atoms. The van der Waals surface area contributed by atoms with Gasteiger partial charge in [-0.15, -0.1) is 12.4 Å². The van der Waals surface area contributed by atoms with Crippen molar-refractivity contribution in [3.8, 4) is 5.75 Å². The summed E-state index contributed by atoms with van der Waals surface area (Å²) in [6.07, 6.45) is 0.592. The van der Waals surface area contributed by atoms with Crippen LogP contribution in [0.5, 0.6) is 5.75 Å². The Hall–Kier alpha value is -1.88. The van der Waals surface area contributed by atoms with Crippen molar-refractivity contribution >= 4 is 34.4 Å². The molecule has 1 heterocycles. The SMILES string of the molecule is COc1ccc(S(=O)(=O)NC(CN)CC(C)C)cc1C1(C)NC(=O)NC1=O.Cl. The van der Waals surface area contributed by atoms with Crippen LogP contribution in [0.3, 0.4) is 0 Å². The van der Waals surface area contributed by atoms with Gasteiger partial charge < -0.3 is 15.8 Å². The highest BCUT2D eigenvalue weighted by molar-refractivity contribution is 7.89. The van der Waals surface area contributed by atoms with E-state index in [1.807, 2.05) is 13.8 Å². The molecule has 158 valence electrons. The fourth-order valence-electron chi connectivity index (χ4n) is 3.03. The van der Waals surface area contributed by atoms with Crippen LogP contribution in [0.25, 0.3) is 0 Å². The predicted octanol–water partition coefficient (Wildman–Crippen LogP) is 0.823. The molecule has 1 aliphatic heterocycles. The Labute approximate surface area is 171 Å². The third kappa shape index (κ3) is 4.93. The zero-order valence-electron chi connectivity index (χ0n) is 16.2. The van der Waals surface area contributed by atoms with E-state index in [9.17, 15) is 18.0 Å². The molecule has 1 aliphatic rings. The standard InChI is InChI=1S/C17H26N4O5S.ClH/c1-10(2)7-11(9-18)21-27(24,25)12-5-6-14(26-4)13(8-12)17(3)15(22)19-16(23)20-17;/h5-6,8,10-11,21H,7,9,18H2,1-4H3,(H2,19,20,22,23);1H. The van der Waals surface area contributed by atoms with E-state index in [-0.39, 0.29) is 41.1 Å². The molecule has 0 aromatic heterocycles. The predicted molar refractivity (Wildman–Crippen MR) is 107 cm³/mol. The number of rotatable bonds is 8. The van der Waals surface area contributed by atoms with Gasteiger partial charge in [-0.1, -0.05) is 13.8 Å². The molecule has 0 spiro atoms. The van der Waals surface area contributed by atoms with Crippen molar-refractivity contribution in [2.24, 2.45) is 11.7 Å². The Kier molecular flexibility index (Phi) is 7.83. The Balaban J connectivity index is 0.00000392. The first-order chi connectivity index (χ1) is 12.5. The molecule has 9 nitrogen and oxygen atoms in total. The summed E-state index contributed by atoms with van der Waals surface area (Å²) in [7, 11) is -2.48. The minimum atomic E-state index is -3.88. The molecule has 2 unspecified atom stereocenters. The van der Waals surface area contributed by atoms with Crippen molar-refractivity contribution in [3.63, 3.8) is 0 Å². The molecule has 11 heteroatoms. The van der Waals surface area contributed by atoms with E-state index in [2.05, 4.69) is 15.4 Å². The van der Waals surface area contributed by atoms with Crippen LogP contribution in [0.4, 0.5) is 4.79 Å². The highest BCUT2D eigenvalue weighted by Gasteiger charge is 2.45. The van der Waals surface area contributed by atoms with Crippen LogP contribution in [-0.2, 0) is 20.4 Å². The lowest BCUT2D eigenvalue weighted by atomic mass is 9.91. The summed E-state index contributed by atoms with van der Waals surface area (Å²) >= 11 is 0. The maximum Gasteiger partial charge on any atom is 0.322 e. The highest BCUT2D eigenvalue weighted by Crippen LogP contribution is 2.34. The summed E-state index contributed by atoms with van der Waals surface area (Å²) in [5.74, 6) is -0.0386. The molecular formula is C17H27ClN4O5S. The number of nitrogens with one attached hydrogen (secondary N) is 3. The number of benzene rings is 1. The quantitative estimate of drug-likeness (QED) is 0.446. The van der Waals surface area contributed by atoms with Crippen LogP contribution in [0.2, 0.25) is 0 Å². The normalized spacial score (nSPS) is 20.4. The van der Waals surface area contributed by atoms with Crippen LogP contribution in [0, 0.1) is 5.92 Å². The number of imide groups is 1. The number of ether oxygens (including phenoxy) is 1. The first-order valence-electron chi connectivity index (χ1n) is 8.58. The molecular weight excluding hydrogens is 408 g/mol. The third-order valence-corrected chi connectivity index (χ3v) is 5.95. The van der Waals surface area contributed by atoms with Gasteiger partial charge in [-0.25, -0.2) is 17.9 Å². The van der Waals surface area contributed by atoms with Gasteiger partial charge in [0.05, 0.1) is 12.0 Å². The molecule has 0 aliphatic carbocycles. The van der Waals surface area contributed by atoms with Crippen molar-refractivity contribution in [1.82, 2.24) is 15.4 Å². The fraction of sp³-hybridized carbons (Fsp3) is 0.529. The maximum absolute atomic E-state index is 12.8. The zero-order valence-corrected chi connectivity index (χ0v) is 17.9. The van der Waals surface area contributed by atoms with Crippen molar-refractivity contribution in [1.29, 1.82) is 0 Å². The average molecular weight is 435 g/mol. The van der Waals surface area contributed by atoms with Crippen molar-refractivity contribution in [2.75, 3.05) is 13.7 Å². The van der Waals surface area contributed by atoms with Crippen LogP contribution >= 0.6 is 12.4 Å². The molecule has 28 heavy (non-hydrogen) atoms. The first kappa shape index (κ1) is 24.2. The van der Waals surface area contributed by atoms with Gasteiger partial charge >= 0.3 is 6.03 Å². The van der Waals surface area contributed by atoms with Gasteiger partial charge in [0.25, 0.3) is 5.91 Å². The first-order valence-corrected chi connectivity index (χ1v) is 10.1. The summed E-state index contributed by atoms with van der Waals surface area (Å²) in [4.78, 5) is 23.8. The van der Waals surface area contributed by atoms with E-state index >= 15 is 0 Å². The average Bonchev–Trinajstić information content (AvgIpc) is 2.85. The van der Waals surface area contributed by atoms with E-state index in [1.165, 1.54) is 32.2 Å². The van der Waals surface area contributed by atoms with E-state index in [0.29, 0.717) is 6.42 Å². The number of methoxy groups -OCH3 is 1. The number of hydrogen-bond acceptors (Lipinski definition) is 6. The van der Waals surface area contributed by atoms with Crippen molar-refractivity contribution < 1.29 is 22.7 Å². The number of sulfonamides is 1. The molecule has 1 aromatic carbocycles. The number of nitrogens with two attached hydrogens (primary N) is 1. The van der Waals surface area contributed by atoms with Gasteiger partial charge in [-0.05, 0) is 37.5 Å². The lowest BCUT2D eigenvalue weighted by Crippen LogP contribution is -2.42. The molecule has 5 N–H and O–H groups in total. The highest BCUT2D eigenvalue weighted by atomic mass is 35.5. The number of urea groups is 1. The second kappa shape index (κ2) is 9.08. The Morgan fingerprint density at radius 1 is 1.29 bits per heavy atom. The molecule has 3 amide bonds. The summed E-state index contributed by atoms with van der Waals surface area (Å²) in [5.41, 5.74) is 4.48. The molecule has 1 saturated heterocycles. The minimum Gasteiger partial charge on any atom is -0.496 e. The summed E-state index contributed by atoms with van der Waals surface area (Å²) in [6, 6.07) is 3.09. The number of amides is 3. The van der Waals surface area contributed by atoms with Gasteiger partial charge in [0, 0.05) is 18.2 Å². The number of carbonyl (C=O) groups is 2. The fourth-order valence-corrected chi connectivity index (χ4v) is 4.31. The van der Waals surface area contributed by atoms with Gasteiger partial charge in [0.2, 0.25) is 10.0 Å². The summed E-state index contributed by atoms with van der Waals surface area (Å²) in [5, 5.41) is 4.67. The van der Waals surface area contributed by atoms with Crippen LogP contribution in [0.1, 0.15) is 32.8 Å². The van der Waals surface area contributed by atoms with Gasteiger partial charge in [-0.2, -0.15) is 0 Å². The largest absolute Gasteiger partial charge is 0.496 e. The third-order valence-electron chi connectivity index (χ3n) is 4.43.